The van der Waals surface area contributed by atoms with E-state index in [1.807, 2.05) is 13.8 Å². The van der Waals surface area contributed by atoms with Crippen LogP contribution < -0.4 is 0 Å². The molecule has 0 aromatic rings. The van der Waals surface area contributed by atoms with Gasteiger partial charge in [-0.15, -0.1) is 0 Å². The summed E-state index contributed by atoms with van der Waals surface area (Å²) in [6.45, 7) is 17.2. The lowest BCUT2D eigenvalue weighted by molar-refractivity contribution is -0.147. The highest BCUT2D eigenvalue weighted by Crippen LogP contribution is 2.03. The van der Waals surface area contributed by atoms with Crippen LogP contribution in [0, 0.1) is 0 Å². The van der Waals surface area contributed by atoms with Gasteiger partial charge in [-0.2, -0.15) is 0 Å². The van der Waals surface area contributed by atoms with Crippen molar-refractivity contribution in [3.05, 3.63) is 37.6 Å². The smallest absolute Gasteiger partial charge is 0.330 e. The maximum Gasteiger partial charge on any atom is 0.330 e. The van der Waals surface area contributed by atoms with Crippen molar-refractivity contribution < 1.29 is 23.7 Å². The minimum atomic E-state index is -0.455. The van der Waals surface area contributed by atoms with Crippen LogP contribution in [0.25, 0.3) is 0 Å². The molecule has 0 amide bonds. The Morgan fingerprint density at radius 2 is 1.48 bits per heavy atom. The van der Waals surface area contributed by atoms with E-state index in [2.05, 4.69) is 19.7 Å². The Kier molecular flexibility index (Phi) is 10.3. The van der Waals surface area contributed by atoms with Gasteiger partial charge in [0, 0.05) is 6.08 Å². The molecule has 0 aliphatic heterocycles. The zero-order valence-electron chi connectivity index (χ0n) is 13.2. The quantitative estimate of drug-likeness (QED) is 0.240. The summed E-state index contributed by atoms with van der Waals surface area (Å²) in [4.78, 5) is 11.0. The molecule has 0 aliphatic rings. The van der Waals surface area contributed by atoms with Gasteiger partial charge in [0.05, 0.1) is 25.4 Å². The van der Waals surface area contributed by atoms with Crippen molar-refractivity contribution in [2.45, 2.75) is 39.1 Å². The summed E-state index contributed by atoms with van der Waals surface area (Å²) in [6.07, 6.45) is 2.16. The highest BCUT2D eigenvalue weighted by molar-refractivity contribution is 5.81. The van der Waals surface area contributed by atoms with Gasteiger partial charge in [0.15, 0.2) is 0 Å². The predicted molar refractivity (Wildman–Crippen MR) is 81.9 cm³/mol. The summed E-state index contributed by atoms with van der Waals surface area (Å²) in [5, 5.41) is 0. The summed E-state index contributed by atoms with van der Waals surface area (Å²) >= 11 is 0. The van der Waals surface area contributed by atoms with Gasteiger partial charge >= 0.3 is 5.97 Å². The lowest BCUT2D eigenvalue weighted by Gasteiger charge is -2.20. The van der Waals surface area contributed by atoms with E-state index >= 15 is 0 Å². The maximum atomic E-state index is 11.0. The van der Waals surface area contributed by atoms with Crippen molar-refractivity contribution in [2.75, 3.05) is 19.8 Å². The van der Waals surface area contributed by atoms with Gasteiger partial charge in [-0.25, -0.2) is 4.79 Å². The molecule has 0 N–H and O–H groups in total. The van der Waals surface area contributed by atoms with Crippen molar-refractivity contribution in [1.82, 2.24) is 0 Å². The Morgan fingerprint density at radius 3 is 2.00 bits per heavy atom. The number of carbonyl (C=O) groups is 1. The van der Waals surface area contributed by atoms with E-state index in [0.29, 0.717) is 25.6 Å². The molecule has 5 heteroatoms. The molecule has 0 aromatic carbocycles. The van der Waals surface area contributed by atoms with E-state index in [1.165, 1.54) is 0 Å². The van der Waals surface area contributed by atoms with Crippen LogP contribution in [0.2, 0.25) is 0 Å². The number of esters is 1. The van der Waals surface area contributed by atoms with Crippen molar-refractivity contribution in [2.24, 2.45) is 0 Å². The van der Waals surface area contributed by atoms with Gasteiger partial charge in [0.2, 0.25) is 0 Å². The topological polar surface area (TPSA) is 54.0 Å². The molecule has 0 fully saturated rings. The predicted octanol–water partition coefficient (Wildman–Crippen LogP) is 2.63. The van der Waals surface area contributed by atoms with Gasteiger partial charge in [-0.05, 0) is 26.8 Å². The van der Waals surface area contributed by atoms with Crippen LogP contribution in [0.4, 0.5) is 0 Å². The molecule has 0 heterocycles. The Hall–Kier alpha value is -1.59. The third-order valence-corrected chi connectivity index (χ3v) is 2.45. The Labute approximate surface area is 127 Å². The van der Waals surface area contributed by atoms with E-state index < -0.39 is 5.97 Å². The SMILES string of the molecule is C=CC(=C)OCC(C)OCC(C)OCC(C)OC(=O)C=C. The van der Waals surface area contributed by atoms with Gasteiger partial charge in [0.25, 0.3) is 0 Å². The van der Waals surface area contributed by atoms with Crippen LogP contribution in [0.15, 0.2) is 37.6 Å². The van der Waals surface area contributed by atoms with Gasteiger partial charge in [0.1, 0.15) is 18.5 Å². The molecule has 0 saturated carbocycles. The van der Waals surface area contributed by atoms with E-state index in [9.17, 15) is 4.79 Å². The van der Waals surface area contributed by atoms with Crippen LogP contribution >= 0.6 is 0 Å². The van der Waals surface area contributed by atoms with Crippen LogP contribution in [0.5, 0.6) is 0 Å². The first-order chi connectivity index (χ1) is 9.88. The highest BCUT2D eigenvalue weighted by atomic mass is 16.6. The molecule has 3 atom stereocenters. The van der Waals surface area contributed by atoms with Crippen molar-refractivity contribution in [1.29, 1.82) is 0 Å². The molecule has 0 radical (unpaired) electrons. The normalized spacial score (nSPS) is 14.6. The summed E-state index contributed by atoms with van der Waals surface area (Å²) in [7, 11) is 0. The van der Waals surface area contributed by atoms with E-state index in [-0.39, 0.29) is 18.3 Å². The fraction of sp³-hybridized carbons (Fsp3) is 0.562. The van der Waals surface area contributed by atoms with Gasteiger partial charge < -0.3 is 18.9 Å². The lowest BCUT2D eigenvalue weighted by atomic mass is 10.4. The molecule has 0 aromatic heterocycles. The fourth-order valence-corrected chi connectivity index (χ4v) is 1.26. The lowest BCUT2D eigenvalue weighted by Crippen LogP contribution is -2.27. The number of hydrogen-bond donors (Lipinski definition) is 0. The van der Waals surface area contributed by atoms with Crippen LogP contribution in [-0.2, 0) is 23.7 Å². The molecule has 0 bridgehead atoms. The van der Waals surface area contributed by atoms with E-state index in [0.717, 1.165) is 6.08 Å². The molecular weight excluding hydrogens is 272 g/mol. The zero-order chi connectivity index (χ0) is 16.3. The highest BCUT2D eigenvalue weighted by Gasteiger charge is 2.11. The number of ether oxygens (including phenoxy) is 4. The zero-order valence-corrected chi connectivity index (χ0v) is 13.2. The average Bonchev–Trinajstić information content (AvgIpc) is 2.47. The van der Waals surface area contributed by atoms with E-state index in [1.54, 1.807) is 13.0 Å². The number of carbonyl (C=O) groups excluding carboxylic acids is 1. The first-order valence-electron chi connectivity index (χ1n) is 6.89. The van der Waals surface area contributed by atoms with Crippen molar-refractivity contribution >= 4 is 5.97 Å². The second-order valence-corrected chi connectivity index (χ2v) is 4.72. The molecule has 3 unspecified atom stereocenters. The van der Waals surface area contributed by atoms with Crippen LogP contribution in [0.1, 0.15) is 20.8 Å². The molecule has 120 valence electrons. The summed E-state index contributed by atoms with van der Waals surface area (Å²) in [5.74, 6) is 0.0656. The maximum absolute atomic E-state index is 11.0. The number of rotatable bonds is 12. The molecule has 0 spiro atoms. The summed E-state index contributed by atoms with van der Waals surface area (Å²) in [6, 6.07) is 0. The average molecular weight is 298 g/mol. The monoisotopic (exact) mass is 298 g/mol. The standard InChI is InChI=1S/C16H26O5/c1-7-12(3)18-9-13(4)19-10-14(5)20-11-15(6)21-16(17)8-2/h7-8,13-15H,1-3,9-11H2,4-6H3. The Morgan fingerprint density at radius 1 is 0.952 bits per heavy atom. The molecule has 0 rings (SSSR count). The van der Waals surface area contributed by atoms with Crippen LogP contribution in [-0.4, -0.2) is 44.1 Å². The van der Waals surface area contributed by atoms with Crippen molar-refractivity contribution in [3.8, 4) is 0 Å². The molecule has 0 aliphatic carbocycles. The largest absolute Gasteiger partial charge is 0.492 e. The number of allylic oxidation sites excluding steroid dienone is 1. The number of hydrogen-bond acceptors (Lipinski definition) is 5. The van der Waals surface area contributed by atoms with Crippen molar-refractivity contribution in [3.63, 3.8) is 0 Å². The fourth-order valence-electron chi connectivity index (χ4n) is 1.26. The minimum absolute atomic E-state index is 0.0798. The van der Waals surface area contributed by atoms with Gasteiger partial charge in [-0.1, -0.05) is 19.7 Å². The van der Waals surface area contributed by atoms with Gasteiger partial charge in [-0.3, -0.25) is 0 Å². The second kappa shape index (κ2) is 11.1. The Bertz CT molecular complexity index is 351. The first kappa shape index (κ1) is 19.4. The summed E-state index contributed by atoms with van der Waals surface area (Å²) in [5.41, 5.74) is 0. The van der Waals surface area contributed by atoms with E-state index in [4.69, 9.17) is 18.9 Å². The second-order valence-electron chi connectivity index (χ2n) is 4.72. The molecule has 0 saturated heterocycles. The molecule has 5 nitrogen and oxygen atoms in total. The Balaban J connectivity index is 3.76. The third kappa shape index (κ3) is 10.8. The van der Waals surface area contributed by atoms with Crippen LogP contribution in [0.3, 0.4) is 0 Å². The summed E-state index contributed by atoms with van der Waals surface area (Å²) < 4.78 is 21.4. The minimum Gasteiger partial charge on any atom is -0.492 e. The molecule has 21 heavy (non-hydrogen) atoms. The third-order valence-electron chi connectivity index (χ3n) is 2.45. The molecular formula is C16H26O5. The first-order valence-corrected chi connectivity index (χ1v) is 6.89.